The van der Waals surface area contributed by atoms with Crippen molar-refractivity contribution in [2.24, 2.45) is 7.05 Å². The predicted molar refractivity (Wildman–Crippen MR) is 108 cm³/mol. The molecule has 0 aliphatic heterocycles. The maximum atomic E-state index is 7.31. The molecular formula is C23H22N3O+. The van der Waals surface area contributed by atoms with E-state index in [-0.39, 0.29) is 5.41 Å². The van der Waals surface area contributed by atoms with Crippen LogP contribution in [0.4, 0.5) is 5.69 Å². The average molecular weight is 356 g/mol. The van der Waals surface area contributed by atoms with Crippen LogP contribution in [0.15, 0.2) is 47.3 Å². The van der Waals surface area contributed by atoms with Crippen LogP contribution in [0.25, 0.3) is 38.0 Å². The van der Waals surface area contributed by atoms with Gasteiger partial charge in [0.25, 0.3) is 0 Å². The van der Waals surface area contributed by atoms with Gasteiger partial charge in [-0.05, 0) is 29.5 Å². The molecule has 0 amide bonds. The lowest BCUT2D eigenvalue weighted by atomic mass is 9.81. The first-order valence-electron chi connectivity index (χ1n) is 8.99. The lowest BCUT2D eigenvalue weighted by Gasteiger charge is -2.22. The number of aryl methyl sites for hydroxylation is 2. The summed E-state index contributed by atoms with van der Waals surface area (Å²) in [5.41, 5.74) is 6.62. The first-order chi connectivity index (χ1) is 12.8. The van der Waals surface area contributed by atoms with Gasteiger partial charge in [-0.2, -0.15) is 4.57 Å². The van der Waals surface area contributed by atoms with Crippen molar-refractivity contribution in [2.45, 2.75) is 33.1 Å². The highest BCUT2D eigenvalue weighted by molar-refractivity contribution is 6.12. The normalized spacial score (nSPS) is 11.9. The van der Waals surface area contributed by atoms with E-state index in [1.807, 2.05) is 37.6 Å². The Morgan fingerprint density at radius 2 is 1.96 bits per heavy atom. The Kier molecular flexibility index (Phi) is 3.78. The number of furan rings is 1. The van der Waals surface area contributed by atoms with Crippen LogP contribution in [0.3, 0.4) is 0 Å². The second kappa shape index (κ2) is 5.92. The van der Waals surface area contributed by atoms with E-state index in [1.54, 1.807) is 6.20 Å². The Bertz CT molecular complexity index is 1240. The van der Waals surface area contributed by atoms with Gasteiger partial charge >= 0.3 is 0 Å². The second-order valence-corrected chi connectivity index (χ2v) is 8.04. The van der Waals surface area contributed by atoms with Crippen LogP contribution in [0.2, 0.25) is 0 Å². The van der Waals surface area contributed by atoms with E-state index in [9.17, 15) is 0 Å². The molecule has 4 nitrogen and oxygen atoms in total. The molecule has 4 rings (SSSR count). The summed E-state index contributed by atoms with van der Waals surface area (Å²) in [6, 6.07) is 7.96. The summed E-state index contributed by atoms with van der Waals surface area (Å²) in [6.45, 7) is 16.1. The van der Waals surface area contributed by atoms with Gasteiger partial charge in [-0.3, -0.25) is 4.98 Å². The zero-order chi connectivity index (χ0) is 19.3. The zero-order valence-electron chi connectivity index (χ0n) is 16.3. The average Bonchev–Trinajstić information content (AvgIpc) is 2.99. The minimum atomic E-state index is -0.0338. The third-order valence-electron chi connectivity index (χ3n) is 5.07. The molecule has 0 unspecified atom stereocenters. The van der Waals surface area contributed by atoms with E-state index in [0.29, 0.717) is 5.69 Å². The SMILES string of the molecule is [C-]#[N+]c1ccc2c(c1)oc1c(-c3cncc[n+]3C)c(C)cc(C(C)(C)C)c12. The molecule has 4 heteroatoms. The standard InChI is InChI=1S/C23H22N3O/c1-14-11-17(23(2,3)4)21-16-8-7-15(24-5)12-19(16)27-22(21)20(14)18-13-25-9-10-26(18)6/h7-13H,1-4,6H3/q+1. The third-order valence-corrected chi connectivity index (χ3v) is 5.07. The fourth-order valence-electron chi connectivity index (χ4n) is 3.71. The molecule has 2 heterocycles. The van der Waals surface area contributed by atoms with Gasteiger partial charge in [0.2, 0.25) is 5.69 Å². The summed E-state index contributed by atoms with van der Waals surface area (Å²) in [4.78, 5) is 7.87. The molecule has 27 heavy (non-hydrogen) atoms. The van der Waals surface area contributed by atoms with Crippen LogP contribution in [-0.4, -0.2) is 4.98 Å². The van der Waals surface area contributed by atoms with E-state index in [2.05, 4.69) is 48.2 Å². The van der Waals surface area contributed by atoms with Gasteiger partial charge in [0.05, 0.1) is 24.5 Å². The van der Waals surface area contributed by atoms with Crippen LogP contribution in [0, 0.1) is 13.5 Å². The summed E-state index contributed by atoms with van der Waals surface area (Å²) >= 11 is 0. The number of benzene rings is 2. The lowest BCUT2D eigenvalue weighted by molar-refractivity contribution is -0.660. The van der Waals surface area contributed by atoms with Crippen LogP contribution >= 0.6 is 0 Å². The fraction of sp³-hybridized carbons (Fsp3) is 0.261. The van der Waals surface area contributed by atoms with Crippen molar-refractivity contribution >= 4 is 27.6 Å². The van der Waals surface area contributed by atoms with E-state index in [4.69, 9.17) is 11.0 Å². The summed E-state index contributed by atoms with van der Waals surface area (Å²) in [6.07, 6.45) is 5.59. The van der Waals surface area contributed by atoms with Gasteiger partial charge in [0.15, 0.2) is 11.9 Å². The quantitative estimate of drug-likeness (QED) is 0.327. The van der Waals surface area contributed by atoms with E-state index in [0.717, 1.165) is 38.8 Å². The Morgan fingerprint density at radius 3 is 2.63 bits per heavy atom. The summed E-state index contributed by atoms with van der Waals surface area (Å²) in [5.74, 6) is 0. The van der Waals surface area contributed by atoms with Crippen LogP contribution in [0.1, 0.15) is 31.9 Å². The van der Waals surface area contributed by atoms with Crippen molar-refractivity contribution in [3.8, 4) is 11.3 Å². The minimum Gasteiger partial charge on any atom is -0.456 e. The highest BCUT2D eigenvalue weighted by Crippen LogP contribution is 2.43. The Hall–Kier alpha value is -3.19. The van der Waals surface area contributed by atoms with Gasteiger partial charge in [0, 0.05) is 10.8 Å². The smallest absolute Gasteiger partial charge is 0.234 e. The molecule has 0 aliphatic rings. The van der Waals surface area contributed by atoms with Crippen LogP contribution < -0.4 is 4.57 Å². The molecule has 0 atom stereocenters. The molecule has 4 aromatic rings. The van der Waals surface area contributed by atoms with E-state index in [1.165, 1.54) is 5.56 Å². The van der Waals surface area contributed by atoms with Gasteiger partial charge in [-0.1, -0.05) is 39.0 Å². The minimum absolute atomic E-state index is 0.0338. The molecule has 0 spiro atoms. The number of hydrogen-bond acceptors (Lipinski definition) is 2. The zero-order valence-corrected chi connectivity index (χ0v) is 16.3. The molecule has 2 aromatic carbocycles. The molecule has 0 aliphatic carbocycles. The molecule has 0 N–H and O–H groups in total. The summed E-state index contributed by atoms with van der Waals surface area (Å²) in [5, 5.41) is 2.17. The Morgan fingerprint density at radius 1 is 1.19 bits per heavy atom. The fourth-order valence-corrected chi connectivity index (χ4v) is 3.71. The second-order valence-electron chi connectivity index (χ2n) is 8.04. The van der Waals surface area contributed by atoms with Crippen molar-refractivity contribution in [1.29, 1.82) is 0 Å². The number of rotatable bonds is 1. The molecule has 0 radical (unpaired) electrons. The van der Waals surface area contributed by atoms with Crippen molar-refractivity contribution in [3.63, 3.8) is 0 Å². The Labute approximate surface area is 158 Å². The van der Waals surface area contributed by atoms with Gasteiger partial charge in [-0.25, -0.2) is 4.85 Å². The molecule has 0 bridgehead atoms. The third kappa shape index (κ3) is 2.67. The topological polar surface area (TPSA) is 34.3 Å². The molecule has 0 fully saturated rings. The van der Waals surface area contributed by atoms with Gasteiger partial charge < -0.3 is 4.42 Å². The summed E-state index contributed by atoms with van der Waals surface area (Å²) in [7, 11) is 2.01. The van der Waals surface area contributed by atoms with Crippen LogP contribution in [0.5, 0.6) is 0 Å². The largest absolute Gasteiger partial charge is 0.456 e. The monoisotopic (exact) mass is 356 g/mol. The van der Waals surface area contributed by atoms with Crippen molar-refractivity contribution < 1.29 is 8.98 Å². The van der Waals surface area contributed by atoms with Crippen molar-refractivity contribution in [3.05, 3.63) is 65.4 Å². The summed E-state index contributed by atoms with van der Waals surface area (Å²) < 4.78 is 8.43. The molecule has 0 saturated carbocycles. The highest BCUT2D eigenvalue weighted by Gasteiger charge is 2.27. The number of hydrogen-bond donors (Lipinski definition) is 0. The first-order valence-corrected chi connectivity index (χ1v) is 8.99. The highest BCUT2D eigenvalue weighted by atomic mass is 16.3. The number of aromatic nitrogens is 2. The Balaban J connectivity index is 2.23. The lowest BCUT2D eigenvalue weighted by Crippen LogP contribution is -2.30. The predicted octanol–water partition coefficient (Wildman–Crippen LogP) is 5.63. The molecular weight excluding hydrogens is 334 g/mol. The molecule has 134 valence electrons. The molecule has 2 aromatic heterocycles. The maximum absolute atomic E-state index is 7.31. The molecule has 0 saturated heterocycles. The number of fused-ring (bicyclic) bond motifs is 3. The van der Waals surface area contributed by atoms with E-state index >= 15 is 0 Å². The van der Waals surface area contributed by atoms with Gasteiger partial charge in [0.1, 0.15) is 18.2 Å². The van der Waals surface area contributed by atoms with Gasteiger partial charge in [-0.15, -0.1) is 0 Å². The first kappa shape index (κ1) is 17.2. The van der Waals surface area contributed by atoms with Crippen molar-refractivity contribution in [2.75, 3.05) is 0 Å². The van der Waals surface area contributed by atoms with E-state index < -0.39 is 0 Å². The maximum Gasteiger partial charge on any atom is 0.234 e. The number of nitrogens with zero attached hydrogens (tertiary/aromatic N) is 3. The van der Waals surface area contributed by atoms with Crippen molar-refractivity contribution in [1.82, 2.24) is 4.98 Å². The van der Waals surface area contributed by atoms with Crippen LogP contribution in [-0.2, 0) is 12.5 Å².